The van der Waals surface area contributed by atoms with Crippen LogP contribution in [0, 0.1) is 5.82 Å². The van der Waals surface area contributed by atoms with Crippen molar-refractivity contribution >= 4 is 34.4 Å². The number of ether oxygens (including phenoxy) is 1. The summed E-state index contributed by atoms with van der Waals surface area (Å²) in [6, 6.07) is 7.31. The highest BCUT2D eigenvalue weighted by atomic mass is 19.4. The molecule has 0 spiro atoms. The number of nitrogens with zero attached hydrogens (tertiary/aromatic N) is 3. The molecule has 0 unspecified atom stereocenters. The summed E-state index contributed by atoms with van der Waals surface area (Å²) in [5.41, 5.74) is 4.83. The fraction of sp³-hybridized carbons (Fsp3) is 0.238. The van der Waals surface area contributed by atoms with Gasteiger partial charge in [-0.2, -0.15) is 13.2 Å². The molecule has 0 aliphatic carbocycles. The monoisotopic (exact) mass is 481 g/mol. The number of aromatic nitrogens is 2. The van der Waals surface area contributed by atoms with Crippen molar-refractivity contribution in [2.45, 2.75) is 25.2 Å². The molecular weight excluding hydrogens is 462 g/mol. The number of esters is 1. The van der Waals surface area contributed by atoms with Crippen LogP contribution in [0.5, 0.6) is 0 Å². The molecule has 3 rings (SSSR count). The standard InChI is InChI=1S/C21H19F4N5O4/c1-10(31)16(19(33)34-2)30(18(32)11-6-4-3-5-7-11)29-15-12(22)8-9-13-14(15)17(21(23,24)25)28-20(26)27-13/h3-10,16,29,31H,1-2H3,(H2,26,27,28)/t10-,16+/m1/s1. The van der Waals surface area contributed by atoms with Crippen molar-refractivity contribution in [3.63, 3.8) is 0 Å². The smallest absolute Gasteiger partial charge is 0.434 e. The van der Waals surface area contributed by atoms with E-state index in [0.29, 0.717) is 5.01 Å². The molecule has 0 aliphatic heterocycles. The van der Waals surface area contributed by atoms with Crippen molar-refractivity contribution in [3.8, 4) is 0 Å². The normalized spacial score (nSPS) is 13.3. The molecule has 0 saturated carbocycles. The van der Waals surface area contributed by atoms with Crippen LogP contribution >= 0.6 is 0 Å². The van der Waals surface area contributed by atoms with Gasteiger partial charge in [0.05, 0.1) is 24.1 Å². The molecule has 1 amide bonds. The molecule has 1 heterocycles. The van der Waals surface area contributed by atoms with Crippen LogP contribution in [0.15, 0.2) is 42.5 Å². The Morgan fingerprint density at radius 2 is 1.79 bits per heavy atom. The minimum absolute atomic E-state index is 0.0123. The van der Waals surface area contributed by atoms with Gasteiger partial charge in [0.15, 0.2) is 11.7 Å². The maximum Gasteiger partial charge on any atom is 0.434 e. The molecule has 2 aromatic carbocycles. The van der Waals surface area contributed by atoms with E-state index in [1.54, 1.807) is 6.07 Å². The van der Waals surface area contributed by atoms with E-state index in [4.69, 9.17) is 5.73 Å². The number of fused-ring (bicyclic) bond motifs is 1. The first kappa shape index (κ1) is 24.6. The number of nitrogens with two attached hydrogens (primary N) is 1. The summed E-state index contributed by atoms with van der Waals surface area (Å²) in [6.07, 6.45) is -6.64. The average molecular weight is 481 g/mol. The van der Waals surface area contributed by atoms with E-state index in [2.05, 4.69) is 20.1 Å². The van der Waals surface area contributed by atoms with Gasteiger partial charge in [-0.25, -0.2) is 24.2 Å². The lowest BCUT2D eigenvalue weighted by atomic mass is 10.1. The first-order valence-electron chi connectivity index (χ1n) is 9.69. The van der Waals surface area contributed by atoms with Gasteiger partial charge in [0.1, 0.15) is 11.5 Å². The molecule has 3 aromatic rings. The number of carbonyl (C=O) groups excluding carboxylic acids is 2. The molecule has 2 atom stereocenters. The molecule has 0 fully saturated rings. The van der Waals surface area contributed by atoms with Crippen molar-refractivity contribution in [2.75, 3.05) is 18.3 Å². The lowest BCUT2D eigenvalue weighted by Gasteiger charge is -2.33. The van der Waals surface area contributed by atoms with Gasteiger partial charge in [0, 0.05) is 5.56 Å². The SMILES string of the molecule is COC(=O)[C@H]([C@@H](C)O)N(Nc1c(F)ccc2nc(N)nc(C(F)(F)F)c12)C(=O)c1ccccc1. The summed E-state index contributed by atoms with van der Waals surface area (Å²) in [5.74, 6) is -3.99. The van der Waals surface area contributed by atoms with Crippen LogP contribution in [-0.4, -0.2) is 51.2 Å². The Bertz CT molecular complexity index is 1220. The first-order valence-corrected chi connectivity index (χ1v) is 9.69. The Balaban J connectivity index is 2.27. The third kappa shape index (κ3) is 4.83. The van der Waals surface area contributed by atoms with E-state index < -0.39 is 58.7 Å². The Hall–Kier alpha value is -4.00. The number of halogens is 4. The Kier molecular flexibility index (Phi) is 6.86. The molecule has 0 radical (unpaired) electrons. The van der Waals surface area contributed by atoms with Crippen molar-refractivity contribution < 1.29 is 37.0 Å². The van der Waals surface area contributed by atoms with E-state index in [9.17, 15) is 32.3 Å². The van der Waals surface area contributed by atoms with E-state index in [-0.39, 0.29) is 11.1 Å². The van der Waals surface area contributed by atoms with Crippen LogP contribution in [0.4, 0.5) is 29.2 Å². The number of hydrogen-bond acceptors (Lipinski definition) is 8. The molecule has 9 nitrogen and oxygen atoms in total. The van der Waals surface area contributed by atoms with Crippen molar-refractivity contribution in [3.05, 3.63) is 59.5 Å². The summed E-state index contributed by atoms with van der Waals surface area (Å²) in [7, 11) is 0.986. The fourth-order valence-corrected chi connectivity index (χ4v) is 3.26. The van der Waals surface area contributed by atoms with Gasteiger partial charge in [-0.15, -0.1) is 0 Å². The highest BCUT2D eigenvalue weighted by molar-refractivity contribution is 6.00. The van der Waals surface area contributed by atoms with Crippen LogP contribution in [0.3, 0.4) is 0 Å². The predicted molar refractivity (Wildman–Crippen MR) is 113 cm³/mol. The minimum atomic E-state index is -5.07. The van der Waals surface area contributed by atoms with Gasteiger partial charge < -0.3 is 15.6 Å². The van der Waals surface area contributed by atoms with Crippen molar-refractivity contribution in [1.82, 2.24) is 15.0 Å². The number of methoxy groups -OCH3 is 1. The largest absolute Gasteiger partial charge is 0.467 e. The van der Waals surface area contributed by atoms with Crippen LogP contribution in [0.2, 0.25) is 0 Å². The third-order valence-electron chi connectivity index (χ3n) is 4.75. The van der Waals surface area contributed by atoms with E-state index in [1.807, 2.05) is 0 Å². The van der Waals surface area contributed by atoms with Gasteiger partial charge >= 0.3 is 12.1 Å². The van der Waals surface area contributed by atoms with E-state index in [1.165, 1.54) is 24.3 Å². The molecule has 180 valence electrons. The Labute approximate surface area is 190 Å². The van der Waals surface area contributed by atoms with Gasteiger partial charge in [-0.1, -0.05) is 18.2 Å². The number of aliphatic hydroxyl groups is 1. The maximum absolute atomic E-state index is 14.9. The lowest BCUT2D eigenvalue weighted by molar-refractivity contribution is -0.149. The lowest BCUT2D eigenvalue weighted by Crippen LogP contribution is -2.54. The van der Waals surface area contributed by atoms with E-state index in [0.717, 1.165) is 26.2 Å². The molecule has 0 aliphatic rings. The minimum Gasteiger partial charge on any atom is -0.467 e. The number of hydrogen-bond donors (Lipinski definition) is 3. The number of carbonyl (C=O) groups is 2. The number of nitrogen functional groups attached to an aromatic ring is 1. The Morgan fingerprint density at radius 3 is 2.35 bits per heavy atom. The highest BCUT2D eigenvalue weighted by Crippen LogP contribution is 2.38. The molecule has 34 heavy (non-hydrogen) atoms. The van der Waals surface area contributed by atoms with Gasteiger partial charge in [-0.05, 0) is 31.2 Å². The fourth-order valence-electron chi connectivity index (χ4n) is 3.26. The number of amides is 1. The maximum atomic E-state index is 14.9. The Morgan fingerprint density at radius 1 is 1.15 bits per heavy atom. The summed E-state index contributed by atoms with van der Waals surface area (Å²) < 4.78 is 60.8. The summed E-state index contributed by atoms with van der Waals surface area (Å²) >= 11 is 0. The van der Waals surface area contributed by atoms with Gasteiger partial charge in [-0.3, -0.25) is 10.2 Å². The van der Waals surface area contributed by atoms with Gasteiger partial charge in [0.25, 0.3) is 5.91 Å². The zero-order chi connectivity index (χ0) is 25.2. The summed E-state index contributed by atoms with van der Waals surface area (Å²) in [6.45, 7) is 1.15. The second kappa shape index (κ2) is 9.47. The number of aliphatic hydroxyl groups excluding tert-OH is 1. The zero-order valence-electron chi connectivity index (χ0n) is 17.8. The predicted octanol–water partition coefficient (Wildman–Crippen LogP) is 2.76. The quantitative estimate of drug-likeness (QED) is 0.278. The number of rotatable bonds is 6. The van der Waals surface area contributed by atoms with E-state index >= 15 is 0 Å². The molecule has 0 saturated heterocycles. The topological polar surface area (TPSA) is 131 Å². The second-order valence-electron chi connectivity index (χ2n) is 7.11. The molecular formula is C21H19F4N5O4. The van der Waals surface area contributed by atoms with Crippen molar-refractivity contribution in [1.29, 1.82) is 0 Å². The number of hydrazine groups is 1. The summed E-state index contributed by atoms with van der Waals surface area (Å²) in [4.78, 5) is 32.6. The number of anilines is 2. The van der Waals surface area contributed by atoms with Crippen LogP contribution in [-0.2, 0) is 15.7 Å². The van der Waals surface area contributed by atoms with Crippen LogP contribution < -0.4 is 11.2 Å². The van der Waals surface area contributed by atoms with Crippen molar-refractivity contribution in [2.24, 2.45) is 0 Å². The molecule has 0 bridgehead atoms. The van der Waals surface area contributed by atoms with Crippen LogP contribution in [0.25, 0.3) is 10.9 Å². The first-order chi connectivity index (χ1) is 16.0. The second-order valence-corrected chi connectivity index (χ2v) is 7.11. The zero-order valence-corrected chi connectivity index (χ0v) is 17.8. The van der Waals surface area contributed by atoms with Gasteiger partial charge in [0.2, 0.25) is 5.95 Å². The number of alkyl halides is 3. The third-order valence-corrected chi connectivity index (χ3v) is 4.75. The number of benzene rings is 2. The molecule has 13 heteroatoms. The molecule has 4 N–H and O–H groups in total. The highest BCUT2D eigenvalue weighted by Gasteiger charge is 2.40. The average Bonchev–Trinajstić information content (AvgIpc) is 2.78. The summed E-state index contributed by atoms with van der Waals surface area (Å²) in [5, 5.41) is 9.88. The number of nitrogens with one attached hydrogen (secondary N) is 1. The molecule has 1 aromatic heterocycles. The van der Waals surface area contributed by atoms with Crippen LogP contribution in [0.1, 0.15) is 23.0 Å².